The number of halogens is 3. The Labute approximate surface area is 72.2 Å². The summed E-state index contributed by atoms with van der Waals surface area (Å²) in [7, 11) is 0. The van der Waals surface area contributed by atoms with E-state index in [1.54, 1.807) is 6.92 Å². The van der Waals surface area contributed by atoms with Crippen LogP contribution in [0.15, 0.2) is 0 Å². The molecule has 0 bridgehead atoms. The summed E-state index contributed by atoms with van der Waals surface area (Å²) in [4.78, 5) is 0. The summed E-state index contributed by atoms with van der Waals surface area (Å²) in [6, 6.07) is 0. The van der Waals surface area contributed by atoms with Gasteiger partial charge in [-0.2, -0.15) is 13.2 Å². The van der Waals surface area contributed by atoms with E-state index in [0.29, 0.717) is 6.42 Å². The van der Waals surface area contributed by atoms with Crippen molar-refractivity contribution in [2.24, 2.45) is 5.92 Å². The minimum atomic E-state index is -3.98. The van der Waals surface area contributed by atoms with Crippen LogP contribution in [0.3, 0.4) is 0 Å². The summed E-state index contributed by atoms with van der Waals surface area (Å²) in [5, 5.41) is 0. The topological polar surface area (TPSA) is 0 Å². The molecule has 0 aliphatic carbocycles. The van der Waals surface area contributed by atoms with Crippen molar-refractivity contribution in [1.29, 1.82) is 0 Å². The zero-order valence-corrected chi connectivity index (χ0v) is 7.75. The Morgan fingerprint density at radius 3 is 2.17 bits per heavy atom. The largest absolute Gasteiger partial charge is 0.389 e. The number of hydrogen-bond acceptors (Lipinski definition) is 0. The van der Waals surface area contributed by atoms with Crippen molar-refractivity contribution < 1.29 is 13.2 Å². The molecule has 0 aliphatic rings. The fourth-order valence-corrected chi connectivity index (χ4v) is 1.24. The Bertz CT molecular complexity index is 107. The number of rotatable bonds is 5. The Morgan fingerprint density at radius 2 is 1.75 bits per heavy atom. The third-order valence-electron chi connectivity index (χ3n) is 1.88. The third-order valence-corrected chi connectivity index (χ3v) is 1.88. The van der Waals surface area contributed by atoms with E-state index in [2.05, 4.69) is 6.92 Å². The van der Waals surface area contributed by atoms with Crippen molar-refractivity contribution >= 4 is 0 Å². The summed E-state index contributed by atoms with van der Waals surface area (Å²) < 4.78 is 35.4. The normalized spacial score (nSPS) is 14.8. The van der Waals surface area contributed by atoms with Gasteiger partial charge in [0.25, 0.3) is 0 Å². The van der Waals surface area contributed by atoms with E-state index in [4.69, 9.17) is 0 Å². The van der Waals surface area contributed by atoms with Crippen molar-refractivity contribution in [3.63, 3.8) is 0 Å². The van der Waals surface area contributed by atoms with E-state index in [1.165, 1.54) is 0 Å². The summed E-state index contributed by atoms with van der Waals surface area (Å²) in [5.74, 6) is -0.212. The van der Waals surface area contributed by atoms with Crippen molar-refractivity contribution in [3.8, 4) is 0 Å². The minimum Gasteiger partial charge on any atom is -0.171 e. The molecular formula is C9H17F3. The summed E-state index contributed by atoms with van der Waals surface area (Å²) >= 11 is 0. The second kappa shape index (κ2) is 5.44. The van der Waals surface area contributed by atoms with Gasteiger partial charge < -0.3 is 0 Å². The molecule has 0 nitrogen and oxygen atoms in total. The number of unbranched alkanes of at least 4 members (excludes halogenated alkanes) is 2. The van der Waals surface area contributed by atoms with Crippen LogP contribution >= 0.6 is 0 Å². The number of hydrogen-bond donors (Lipinski definition) is 0. The molecule has 0 aromatic carbocycles. The fraction of sp³-hybridized carbons (Fsp3) is 1.00. The molecule has 0 fully saturated rings. The van der Waals surface area contributed by atoms with Crippen LogP contribution in [0.4, 0.5) is 13.2 Å². The van der Waals surface area contributed by atoms with Gasteiger partial charge in [0.05, 0.1) is 0 Å². The van der Waals surface area contributed by atoms with Crippen LogP contribution in [-0.2, 0) is 0 Å². The molecule has 0 N–H and O–H groups in total. The second-order valence-corrected chi connectivity index (χ2v) is 3.42. The standard InChI is InChI=1S/C9H17F3/c1-3-4-5-6-8(2)7-9(10,11)12/h8H,3-7H2,1-2H3. The van der Waals surface area contributed by atoms with E-state index >= 15 is 0 Å². The molecule has 0 radical (unpaired) electrons. The van der Waals surface area contributed by atoms with Gasteiger partial charge in [-0.25, -0.2) is 0 Å². The van der Waals surface area contributed by atoms with Gasteiger partial charge in [0.1, 0.15) is 0 Å². The van der Waals surface area contributed by atoms with Crippen molar-refractivity contribution in [2.75, 3.05) is 0 Å². The van der Waals surface area contributed by atoms with Crippen LogP contribution in [0.25, 0.3) is 0 Å². The van der Waals surface area contributed by atoms with Crippen LogP contribution < -0.4 is 0 Å². The first kappa shape index (κ1) is 11.8. The molecule has 0 heterocycles. The van der Waals surface area contributed by atoms with Crippen molar-refractivity contribution in [2.45, 2.75) is 52.1 Å². The van der Waals surface area contributed by atoms with Gasteiger partial charge in [-0.05, 0) is 5.92 Å². The van der Waals surface area contributed by atoms with Gasteiger partial charge in [-0.15, -0.1) is 0 Å². The molecule has 1 unspecified atom stereocenters. The van der Waals surface area contributed by atoms with E-state index in [-0.39, 0.29) is 5.92 Å². The molecule has 0 saturated carbocycles. The maximum absolute atomic E-state index is 11.8. The van der Waals surface area contributed by atoms with E-state index in [9.17, 15) is 13.2 Å². The molecule has 0 amide bonds. The monoisotopic (exact) mass is 182 g/mol. The van der Waals surface area contributed by atoms with Crippen LogP contribution in [0.2, 0.25) is 0 Å². The second-order valence-electron chi connectivity index (χ2n) is 3.42. The van der Waals surface area contributed by atoms with Gasteiger partial charge in [-0.3, -0.25) is 0 Å². The van der Waals surface area contributed by atoms with Crippen LogP contribution in [0, 0.1) is 5.92 Å². The highest BCUT2D eigenvalue weighted by molar-refractivity contribution is 4.59. The average molecular weight is 182 g/mol. The maximum Gasteiger partial charge on any atom is 0.389 e. The quantitative estimate of drug-likeness (QED) is 0.560. The lowest BCUT2D eigenvalue weighted by molar-refractivity contribution is -0.143. The molecular weight excluding hydrogens is 165 g/mol. The predicted octanol–water partition coefficient (Wildman–Crippen LogP) is 4.16. The van der Waals surface area contributed by atoms with Gasteiger partial charge >= 0.3 is 6.18 Å². The third kappa shape index (κ3) is 7.89. The number of alkyl halides is 3. The predicted molar refractivity (Wildman–Crippen MR) is 44.0 cm³/mol. The Morgan fingerprint density at radius 1 is 1.17 bits per heavy atom. The van der Waals surface area contributed by atoms with E-state index in [1.807, 2.05) is 0 Å². The highest BCUT2D eigenvalue weighted by Crippen LogP contribution is 2.27. The molecule has 12 heavy (non-hydrogen) atoms. The first-order valence-corrected chi connectivity index (χ1v) is 4.52. The van der Waals surface area contributed by atoms with Crippen molar-refractivity contribution in [3.05, 3.63) is 0 Å². The van der Waals surface area contributed by atoms with Crippen LogP contribution in [0.1, 0.15) is 46.0 Å². The minimum absolute atomic E-state index is 0.212. The van der Waals surface area contributed by atoms with Crippen molar-refractivity contribution in [1.82, 2.24) is 0 Å². The SMILES string of the molecule is CCCCCC(C)CC(F)(F)F. The van der Waals surface area contributed by atoms with E-state index in [0.717, 1.165) is 19.3 Å². The highest BCUT2D eigenvalue weighted by atomic mass is 19.4. The molecule has 0 aromatic heterocycles. The molecule has 3 heteroatoms. The lowest BCUT2D eigenvalue weighted by Crippen LogP contribution is -2.12. The zero-order valence-electron chi connectivity index (χ0n) is 7.75. The molecule has 0 aromatic rings. The Hall–Kier alpha value is -0.210. The lowest BCUT2D eigenvalue weighted by atomic mass is 10.00. The zero-order chi connectivity index (χ0) is 9.61. The van der Waals surface area contributed by atoms with Gasteiger partial charge in [0.15, 0.2) is 0 Å². The Kier molecular flexibility index (Phi) is 5.34. The lowest BCUT2D eigenvalue weighted by Gasteiger charge is -2.13. The molecule has 0 rings (SSSR count). The van der Waals surface area contributed by atoms with Crippen LogP contribution in [-0.4, -0.2) is 6.18 Å². The summed E-state index contributed by atoms with van der Waals surface area (Å²) in [6.45, 7) is 3.72. The smallest absolute Gasteiger partial charge is 0.171 e. The van der Waals surface area contributed by atoms with Gasteiger partial charge in [0, 0.05) is 6.42 Å². The Balaban J connectivity index is 3.40. The average Bonchev–Trinajstić information content (AvgIpc) is 1.84. The fourth-order valence-electron chi connectivity index (χ4n) is 1.24. The molecule has 0 spiro atoms. The molecule has 0 saturated heterocycles. The molecule has 74 valence electrons. The summed E-state index contributed by atoms with van der Waals surface area (Å²) in [6.07, 6.45) is -0.871. The van der Waals surface area contributed by atoms with Gasteiger partial charge in [-0.1, -0.05) is 39.5 Å². The van der Waals surface area contributed by atoms with E-state index < -0.39 is 12.6 Å². The van der Waals surface area contributed by atoms with Crippen LogP contribution in [0.5, 0.6) is 0 Å². The molecule has 1 atom stereocenters. The molecule has 0 aliphatic heterocycles. The maximum atomic E-state index is 11.8. The summed E-state index contributed by atoms with van der Waals surface area (Å²) in [5.41, 5.74) is 0. The van der Waals surface area contributed by atoms with Gasteiger partial charge in [0.2, 0.25) is 0 Å². The first-order chi connectivity index (χ1) is 5.45. The first-order valence-electron chi connectivity index (χ1n) is 4.52. The highest BCUT2D eigenvalue weighted by Gasteiger charge is 2.29.